The molecule has 0 aromatic heterocycles. The van der Waals surface area contributed by atoms with Crippen LogP contribution in [-0.2, 0) is 9.63 Å². The van der Waals surface area contributed by atoms with Crippen LogP contribution in [-0.4, -0.2) is 18.7 Å². The number of carbonyl (C=O) groups is 1. The molecule has 0 radical (unpaired) electrons. The van der Waals surface area contributed by atoms with E-state index in [-0.39, 0.29) is 12.5 Å². The van der Waals surface area contributed by atoms with Gasteiger partial charge in [-0.2, -0.15) is 0 Å². The largest absolute Gasteiger partial charge is 0.386 e. The van der Waals surface area contributed by atoms with Gasteiger partial charge >= 0.3 is 0 Å². The molecule has 0 unspecified atom stereocenters. The van der Waals surface area contributed by atoms with Gasteiger partial charge in [0.1, 0.15) is 0 Å². The third-order valence-electron chi connectivity index (χ3n) is 3.23. The van der Waals surface area contributed by atoms with E-state index in [9.17, 15) is 4.79 Å². The van der Waals surface area contributed by atoms with Crippen molar-refractivity contribution in [1.29, 1.82) is 0 Å². The number of rotatable bonds is 6. The van der Waals surface area contributed by atoms with Crippen molar-refractivity contribution in [2.45, 2.75) is 19.8 Å². The Morgan fingerprint density at radius 1 is 1.22 bits per heavy atom. The summed E-state index contributed by atoms with van der Waals surface area (Å²) in [5, 5.41) is 6.58. The first kappa shape index (κ1) is 17.2. The van der Waals surface area contributed by atoms with Crippen LogP contribution in [0.4, 0.5) is 5.69 Å². The topological polar surface area (TPSA) is 50.7 Å². The Morgan fingerprint density at radius 3 is 2.57 bits per heavy atom. The molecule has 2 aromatic rings. The van der Waals surface area contributed by atoms with E-state index in [1.165, 1.54) is 5.56 Å². The summed E-state index contributed by atoms with van der Waals surface area (Å²) in [7, 11) is 0. The van der Waals surface area contributed by atoms with Crippen LogP contribution in [0.2, 0.25) is 0 Å². The van der Waals surface area contributed by atoms with Gasteiger partial charge in [-0.1, -0.05) is 65.3 Å². The van der Waals surface area contributed by atoms with Gasteiger partial charge in [0.25, 0.3) is 5.91 Å². The Bertz CT molecular complexity index is 682. The molecular weight excluding hydrogens is 356 g/mol. The number of nitrogens with zero attached hydrogens (tertiary/aromatic N) is 1. The third kappa shape index (κ3) is 5.53. The second-order valence-electron chi connectivity index (χ2n) is 5.35. The lowest BCUT2D eigenvalue weighted by Gasteiger charge is -2.08. The maximum atomic E-state index is 11.8. The summed E-state index contributed by atoms with van der Waals surface area (Å²) in [5.74, 6) is 0.223. The average molecular weight is 375 g/mol. The van der Waals surface area contributed by atoms with Crippen molar-refractivity contribution in [1.82, 2.24) is 0 Å². The van der Waals surface area contributed by atoms with Gasteiger partial charge in [0.05, 0.1) is 6.21 Å². The summed E-state index contributed by atoms with van der Waals surface area (Å²) in [4.78, 5) is 16.8. The number of amides is 1. The zero-order chi connectivity index (χ0) is 16.7. The minimum atomic E-state index is -0.244. The number of hydrogen-bond acceptors (Lipinski definition) is 3. The summed E-state index contributed by atoms with van der Waals surface area (Å²) in [6, 6.07) is 15.4. The molecule has 2 rings (SSSR count). The molecule has 4 nitrogen and oxygen atoms in total. The van der Waals surface area contributed by atoms with E-state index in [0.717, 1.165) is 15.7 Å². The smallest absolute Gasteiger partial charge is 0.265 e. The van der Waals surface area contributed by atoms with Crippen molar-refractivity contribution >= 4 is 33.7 Å². The molecule has 0 saturated carbocycles. The molecule has 0 atom stereocenters. The van der Waals surface area contributed by atoms with E-state index >= 15 is 0 Å². The number of halogens is 1. The van der Waals surface area contributed by atoms with E-state index in [4.69, 9.17) is 4.84 Å². The van der Waals surface area contributed by atoms with Crippen LogP contribution in [0.1, 0.15) is 30.9 Å². The number of nitrogens with one attached hydrogen (secondary N) is 1. The molecule has 23 heavy (non-hydrogen) atoms. The number of carbonyl (C=O) groups excluding carboxylic acids is 1. The Hall–Kier alpha value is -2.14. The predicted molar refractivity (Wildman–Crippen MR) is 96.8 cm³/mol. The van der Waals surface area contributed by atoms with E-state index in [0.29, 0.717) is 5.92 Å². The zero-order valence-corrected chi connectivity index (χ0v) is 14.7. The van der Waals surface area contributed by atoms with E-state index in [1.54, 1.807) is 6.21 Å². The minimum absolute atomic E-state index is 0.132. The van der Waals surface area contributed by atoms with Crippen molar-refractivity contribution in [2.75, 3.05) is 11.9 Å². The van der Waals surface area contributed by atoms with Gasteiger partial charge in [-0.3, -0.25) is 4.79 Å². The highest BCUT2D eigenvalue weighted by Gasteiger charge is 2.04. The lowest BCUT2D eigenvalue weighted by molar-refractivity contribution is -0.120. The fraction of sp³-hybridized carbons (Fsp3) is 0.222. The number of hydrogen-bond donors (Lipinski definition) is 1. The molecule has 0 aliphatic carbocycles. The summed E-state index contributed by atoms with van der Waals surface area (Å²) >= 11 is 3.41. The Morgan fingerprint density at radius 2 is 1.91 bits per heavy atom. The summed E-state index contributed by atoms with van der Waals surface area (Å²) in [6.07, 6.45) is 1.56. The maximum absolute atomic E-state index is 11.8. The summed E-state index contributed by atoms with van der Waals surface area (Å²) in [6.45, 7) is 4.13. The van der Waals surface area contributed by atoms with Gasteiger partial charge in [0.2, 0.25) is 0 Å². The van der Waals surface area contributed by atoms with E-state index in [2.05, 4.69) is 40.2 Å². The van der Waals surface area contributed by atoms with Crippen molar-refractivity contribution < 1.29 is 9.63 Å². The Kier molecular flexibility index (Phi) is 6.35. The van der Waals surface area contributed by atoms with Crippen LogP contribution in [0.15, 0.2) is 58.2 Å². The van der Waals surface area contributed by atoms with Gasteiger partial charge < -0.3 is 10.2 Å². The van der Waals surface area contributed by atoms with E-state index in [1.807, 2.05) is 48.5 Å². The summed E-state index contributed by atoms with van der Waals surface area (Å²) in [5.41, 5.74) is 2.87. The van der Waals surface area contributed by atoms with Crippen LogP contribution in [0, 0.1) is 0 Å². The van der Waals surface area contributed by atoms with Crippen LogP contribution >= 0.6 is 15.9 Å². The highest BCUT2D eigenvalue weighted by molar-refractivity contribution is 9.10. The fourth-order valence-electron chi connectivity index (χ4n) is 1.92. The normalized spacial score (nSPS) is 11.0. The van der Waals surface area contributed by atoms with Gasteiger partial charge in [-0.15, -0.1) is 0 Å². The van der Waals surface area contributed by atoms with Crippen molar-refractivity contribution in [3.63, 3.8) is 0 Å². The SMILES string of the molecule is CC(C)c1ccc(NC(=O)CO/N=C\c2ccccc2Br)cc1. The van der Waals surface area contributed by atoms with Crippen LogP contribution in [0.25, 0.3) is 0 Å². The fourth-order valence-corrected chi connectivity index (χ4v) is 2.31. The van der Waals surface area contributed by atoms with Gasteiger partial charge in [0.15, 0.2) is 6.61 Å². The monoisotopic (exact) mass is 374 g/mol. The molecule has 0 saturated heterocycles. The highest BCUT2D eigenvalue weighted by Crippen LogP contribution is 2.17. The Labute approximate surface area is 144 Å². The zero-order valence-electron chi connectivity index (χ0n) is 13.1. The van der Waals surface area contributed by atoms with Crippen LogP contribution in [0.5, 0.6) is 0 Å². The predicted octanol–water partition coefficient (Wildman–Crippen LogP) is 4.56. The van der Waals surface area contributed by atoms with Crippen LogP contribution < -0.4 is 5.32 Å². The second-order valence-corrected chi connectivity index (χ2v) is 6.21. The number of benzene rings is 2. The van der Waals surface area contributed by atoms with Gasteiger partial charge in [-0.25, -0.2) is 0 Å². The molecule has 1 amide bonds. The molecule has 0 aliphatic rings. The molecule has 0 fully saturated rings. The quantitative estimate of drug-likeness (QED) is 0.594. The third-order valence-corrected chi connectivity index (χ3v) is 3.95. The molecule has 2 aromatic carbocycles. The maximum Gasteiger partial charge on any atom is 0.265 e. The first-order valence-electron chi connectivity index (χ1n) is 7.36. The summed E-state index contributed by atoms with van der Waals surface area (Å²) < 4.78 is 0.919. The highest BCUT2D eigenvalue weighted by atomic mass is 79.9. The van der Waals surface area contributed by atoms with Gasteiger partial charge in [0, 0.05) is 15.7 Å². The van der Waals surface area contributed by atoms with Gasteiger partial charge in [-0.05, 0) is 29.7 Å². The number of oxime groups is 1. The van der Waals surface area contributed by atoms with Crippen molar-refractivity contribution in [3.05, 3.63) is 64.1 Å². The Balaban J connectivity index is 1.80. The molecular formula is C18H19BrN2O2. The first-order chi connectivity index (χ1) is 11.1. The molecule has 120 valence electrons. The molecule has 0 spiro atoms. The standard InChI is InChI=1S/C18H19BrN2O2/c1-13(2)14-7-9-16(10-8-14)21-18(22)12-23-20-11-15-5-3-4-6-17(15)19/h3-11,13H,12H2,1-2H3,(H,21,22)/b20-11-. The molecule has 0 bridgehead atoms. The molecule has 1 N–H and O–H groups in total. The van der Waals surface area contributed by atoms with E-state index < -0.39 is 0 Å². The lowest BCUT2D eigenvalue weighted by atomic mass is 10.0. The molecule has 0 heterocycles. The lowest BCUT2D eigenvalue weighted by Crippen LogP contribution is -2.16. The van der Waals surface area contributed by atoms with Crippen molar-refractivity contribution in [3.8, 4) is 0 Å². The average Bonchev–Trinajstić information content (AvgIpc) is 2.53. The molecule has 5 heteroatoms. The number of anilines is 1. The minimum Gasteiger partial charge on any atom is -0.386 e. The van der Waals surface area contributed by atoms with Crippen LogP contribution in [0.3, 0.4) is 0 Å². The molecule has 0 aliphatic heterocycles. The second kappa shape index (κ2) is 8.48. The first-order valence-corrected chi connectivity index (χ1v) is 8.15. The van der Waals surface area contributed by atoms with Crippen molar-refractivity contribution in [2.24, 2.45) is 5.16 Å².